The smallest absolute Gasteiger partial charge is 0.401 e. The zero-order chi connectivity index (χ0) is 12.9. The number of carboxylic acid groups (broad SMARTS) is 1. The summed E-state index contributed by atoms with van der Waals surface area (Å²) in [5.41, 5.74) is 0.0489. The van der Waals surface area contributed by atoms with Gasteiger partial charge in [0, 0.05) is 18.2 Å². The van der Waals surface area contributed by atoms with Gasteiger partial charge < -0.3 is 5.11 Å². The average Bonchev–Trinajstić information content (AvgIpc) is 2.09. The first kappa shape index (κ1) is 15.0. The Morgan fingerprint density at radius 3 is 2.25 bits per heavy atom. The van der Waals surface area contributed by atoms with Crippen molar-refractivity contribution in [3.8, 4) is 0 Å². The van der Waals surface area contributed by atoms with Crippen LogP contribution < -0.4 is 0 Å². The fraction of sp³-hybridized carbons (Fsp3) is 0.700. The molecule has 0 fully saturated rings. The van der Waals surface area contributed by atoms with Crippen molar-refractivity contribution >= 4 is 5.97 Å². The van der Waals surface area contributed by atoms with E-state index in [2.05, 4.69) is 0 Å². The van der Waals surface area contributed by atoms with Gasteiger partial charge in [0.25, 0.3) is 0 Å². The molecule has 0 spiro atoms. The fourth-order valence-electron chi connectivity index (χ4n) is 1.03. The van der Waals surface area contributed by atoms with Crippen LogP contribution in [0.5, 0.6) is 0 Å². The lowest BCUT2D eigenvalue weighted by Crippen LogP contribution is -2.39. The van der Waals surface area contributed by atoms with Crippen molar-refractivity contribution in [1.29, 1.82) is 0 Å². The van der Waals surface area contributed by atoms with Gasteiger partial charge in [-0.05, 0) is 20.8 Å². The van der Waals surface area contributed by atoms with Gasteiger partial charge in [0.1, 0.15) is 0 Å². The molecule has 0 amide bonds. The molecule has 0 aromatic heterocycles. The Kier molecular flexibility index (Phi) is 5.50. The Hall–Kier alpha value is -1.04. The molecule has 0 aromatic carbocycles. The van der Waals surface area contributed by atoms with Crippen LogP contribution in [0.2, 0.25) is 0 Å². The maximum atomic E-state index is 12.2. The van der Waals surface area contributed by atoms with E-state index in [1.807, 2.05) is 0 Å². The van der Waals surface area contributed by atoms with E-state index in [1.165, 1.54) is 13.0 Å². The number of alkyl halides is 3. The number of carbonyl (C=O) groups is 1. The van der Waals surface area contributed by atoms with Crippen LogP contribution in [0.3, 0.4) is 0 Å². The van der Waals surface area contributed by atoms with Gasteiger partial charge in [-0.1, -0.05) is 6.08 Å². The van der Waals surface area contributed by atoms with Gasteiger partial charge in [0.05, 0.1) is 6.54 Å². The minimum atomic E-state index is -4.27. The minimum absolute atomic E-state index is 0.0185. The summed E-state index contributed by atoms with van der Waals surface area (Å²) in [6.45, 7) is 3.57. The molecule has 0 aliphatic carbocycles. The average molecular weight is 239 g/mol. The molecule has 0 saturated heterocycles. The second kappa shape index (κ2) is 5.89. The summed E-state index contributed by atoms with van der Waals surface area (Å²) in [5.74, 6) is -1.12. The molecule has 0 aromatic rings. The van der Waals surface area contributed by atoms with Gasteiger partial charge in [0.15, 0.2) is 0 Å². The van der Waals surface area contributed by atoms with E-state index in [4.69, 9.17) is 5.11 Å². The number of hydrogen-bond acceptors (Lipinski definition) is 2. The van der Waals surface area contributed by atoms with E-state index in [1.54, 1.807) is 13.8 Å². The van der Waals surface area contributed by atoms with Crippen molar-refractivity contribution in [2.45, 2.75) is 33.0 Å². The Morgan fingerprint density at radius 1 is 1.44 bits per heavy atom. The van der Waals surface area contributed by atoms with Crippen LogP contribution >= 0.6 is 0 Å². The second-order valence-electron chi connectivity index (χ2n) is 3.83. The molecule has 16 heavy (non-hydrogen) atoms. The lowest BCUT2D eigenvalue weighted by atomic mass is 10.2. The molecule has 0 bridgehead atoms. The molecule has 0 atom stereocenters. The molecule has 0 aliphatic heterocycles. The van der Waals surface area contributed by atoms with E-state index >= 15 is 0 Å². The third kappa shape index (κ3) is 6.44. The first-order chi connectivity index (χ1) is 7.13. The SMILES string of the molecule is CC(=CCN(CC(F)(F)F)C(C)C)C(=O)O. The summed E-state index contributed by atoms with van der Waals surface area (Å²) < 4.78 is 36.5. The van der Waals surface area contributed by atoms with Gasteiger partial charge in [-0.3, -0.25) is 4.90 Å². The van der Waals surface area contributed by atoms with Crippen LogP contribution in [-0.2, 0) is 4.79 Å². The first-order valence-electron chi connectivity index (χ1n) is 4.84. The fourth-order valence-corrected chi connectivity index (χ4v) is 1.03. The molecule has 6 heteroatoms. The summed E-state index contributed by atoms with van der Waals surface area (Å²) in [6.07, 6.45) is -2.98. The number of carboxylic acids is 1. The minimum Gasteiger partial charge on any atom is -0.478 e. The number of rotatable bonds is 5. The zero-order valence-electron chi connectivity index (χ0n) is 9.51. The molecule has 3 nitrogen and oxygen atoms in total. The predicted molar refractivity (Wildman–Crippen MR) is 54.2 cm³/mol. The molecular formula is C10H16F3NO2. The van der Waals surface area contributed by atoms with Crippen LogP contribution in [0, 0.1) is 0 Å². The van der Waals surface area contributed by atoms with Gasteiger partial charge in [-0.25, -0.2) is 4.79 Å². The van der Waals surface area contributed by atoms with Crippen molar-refractivity contribution in [2.24, 2.45) is 0 Å². The summed E-state index contributed by atoms with van der Waals surface area (Å²) >= 11 is 0. The van der Waals surface area contributed by atoms with E-state index in [0.29, 0.717) is 0 Å². The van der Waals surface area contributed by atoms with E-state index in [0.717, 1.165) is 4.90 Å². The number of aliphatic carboxylic acids is 1. The van der Waals surface area contributed by atoms with Gasteiger partial charge in [-0.15, -0.1) is 0 Å². The normalized spacial score (nSPS) is 13.6. The maximum Gasteiger partial charge on any atom is 0.401 e. The molecule has 0 rings (SSSR count). The maximum absolute atomic E-state index is 12.2. The quantitative estimate of drug-likeness (QED) is 0.748. The van der Waals surface area contributed by atoms with Crippen LogP contribution in [0.25, 0.3) is 0 Å². The second-order valence-corrected chi connectivity index (χ2v) is 3.83. The topological polar surface area (TPSA) is 40.5 Å². The summed E-state index contributed by atoms with van der Waals surface area (Å²) in [7, 11) is 0. The third-order valence-corrected chi connectivity index (χ3v) is 2.08. The highest BCUT2D eigenvalue weighted by atomic mass is 19.4. The summed E-state index contributed by atoms with van der Waals surface area (Å²) in [4.78, 5) is 11.6. The lowest BCUT2D eigenvalue weighted by molar-refractivity contribution is -0.148. The van der Waals surface area contributed by atoms with Gasteiger partial charge in [0.2, 0.25) is 0 Å². The standard InChI is InChI=1S/C10H16F3NO2/c1-7(2)14(6-10(11,12)13)5-4-8(3)9(15)16/h4,7H,5-6H2,1-3H3,(H,15,16). The van der Waals surface area contributed by atoms with Crippen molar-refractivity contribution in [2.75, 3.05) is 13.1 Å². The van der Waals surface area contributed by atoms with Crippen molar-refractivity contribution in [3.63, 3.8) is 0 Å². The molecule has 0 radical (unpaired) electrons. The van der Waals surface area contributed by atoms with Gasteiger partial charge in [-0.2, -0.15) is 13.2 Å². The number of hydrogen-bond donors (Lipinski definition) is 1. The molecule has 0 unspecified atom stereocenters. The van der Waals surface area contributed by atoms with E-state index in [9.17, 15) is 18.0 Å². The van der Waals surface area contributed by atoms with Crippen LogP contribution in [0.1, 0.15) is 20.8 Å². The Bertz CT molecular complexity index is 272. The van der Waals surface area contributed by atoms with Gasteiger partial charge >= 0.3 is 12.1 Å². The molecule has 1 N–H and O–H groups in total. The lowest BCUT2D eigenvalue weighted by Gasteiger charge is -2.26. The van der Waals surface area contributed by atoms with Crippen LogP contribution in [-0.4, -0.2) is 41.3 Å². The van der Waals surface area contributed by atoms with Crippen molar-refractivity contribution < 1.29 is 23.1 Å². The Labute approximate surface area is 92.5 Å². The third-order valence-electron chi connectivity index (χ3n) is 2.08. The largest absolute Gasteiger partial charge is 0.478 e. The van der Waals surface area contributed by atoms with Crippen molar-refractivity contribution in [3.05, 3.63) is 11.6 Å². The number of nitrogens with zero attached hydrogens (tertiary/aromatic N) is 1. The Morgan fingerprint density at radius 2 is 1.94 bits per heavy atom. The summed E-state index contributed by atoms with van der Waals surface area (Å²) in [6, 6.07) is -0.292. The summed E-state index contributed by atoms with van der Waals surface area (Å²) in [5, 5.41) is 8.56. The van der Waals surface area contributed by atoms with E-state index in [-0.39, 0.29) is 18.2 Å². The van der Waals surface area contributed by atoms with Crippen LogP contribution in [0.15, 0.2) is 11.6 Å². The monoisotopic (exact) mass is 239 g/mol. The van der Waals surface area contributed by atoms with E-state index < -0.39 is 18.7 Å². The predicted octanol–water partition coefficient (Wildman–Crippen LogP) is 2.29. The molecular weight excluding hydrogens is 223 g/mol. The molecule has 0 heterocycles. The zero-order valence-corrected chi connectivity index (χ0v) is 9.51. The molecule has 0 saturated carbocycles. The molecule has 94 valence electrons. The molecule has 0 aliphatic rings. The van der Waals surface area contributed by atoms with Crippen LogP contribution in [0.4, 0.5) is 13.2 Å². The number of halogens is 3. The highest BCUT2D eigenvalue weighted by Gasteiger charge is 2.31. The van der Waals surface area contributed by atoms with Crippen molar-refractivity contribution in [1.82, 2.24) is 4.90 Å². The Balaban J connectivity index is 4.48. The first-order valence-corrected chi connectivity index (χ1v) is 4.84. The highest BCUT2D eigenvalue weighted by Crippen LogP contribution is 2.18. The highest BCUT2D eigenvalue weighted by molar-refractivity contribution is 5.85.